The number of benzene rings is 1. The third kappa shape index (κ3) is 6.04. The maximum atomic E-state index is 13.9. The minimum Gasteiger partial charge on any atom is -0.459 e. The van der Waals surface area contributed by atoms with Gasteiger partial charge in [0.05, 0.1) is 12.1 Å². The normalized spacial score (nSPS) is 20.9. The van der Waals surface area contributed by atoms with Gasteiger partial charge in [0.25, 0.3) is 5.92 Å². The number of alkyl halides is 5. The number of hydrogen-bond acceptors (Lipinski definition) is 5. The Morgan fingerprint density at radius 2 is 1.92 bits per heavy atom. The van der Waals surface area contributed by atoms with Crippen molar-refractivity contribution in [1.29, 1.82) is 0 Å². The van der Waals surface area contributed by atoms with Gasteiger partial charge in [0.2, 0.25) is 11.8 Å². The van der Waals surface area contributed by atoms with Gasteiger partial charge in [-0.05, 0) is 59.9 Å². The molecule has 1 aliphatic heterocycles. The first kappa shape index (κ1) is 26.6. The first-order chi connectivity index (χ1) is 18.4. The summed E-state index contributed by atoms with van der Waals surface area (Å²) >= 11 is 0. The number of carbonyl (C=O) groups excluding carboxylic acids is 2. The van der Waals surface area contributed by atoms with Gasteiger partial charge in [-0.25, -0.2) is 13.8 Å². The number of nitrogens with two attached hydrogens (primary N) is 1. The van der Waals surface area contributed by atoms with Crippen molar-refractivity contribution in [3.63, 3.8) is 0 Å². The molecule has 12 heteroatoms. The van der Waals surface area contributed by atoms with Gasteiger partial charge in [0, 0.05) is 49.5 Å². The number of halogens is 5. The molecule has 2 aliphatic rings. The molecule has 0 bridgehead atoms. The highest BCUT2D eigenvalue weighted by atomic mass is 19.4. The number of likely N-dealkylation sites (tertiary alicyclic amines) is 1. The molecule has 1 aliphatic carbocycles. The molecule has 206 valence electrons. The molecule has 2 aromatic heterocycles. The highest BCUT2D eigenvalue weighted by Crippen LogP contribution is 2.51. The number of nitrogens with one attached hydrogen (secondary N) is 1. The lowest BCUT2D eigenvalue weighted by Crippen LogP contribution is -2.43. The van der Waals surface area contributed by atoms with Crippen molar-refractivity contribution in [2.75, 3.05) is 18.8 Å². The summed E-state index contributed by atoms with van der Waals surface area (Å²) in [6.45, 7) is -0.274. The van der Waals surface area contributed by atoms with Crippen LogP contribution < -0.4 is 11.1 Å². The van der Waals surface area contributed by atoms with Crippen LogP contribution in [0.2, 0.25) is 0 Å². The fourth-order valence-corrected chi connectivity index (χ4v) is 4.79. The number of fused-ring (bicyclic) bond motifs is 1. The van der Waals surface area contributed by atoms with Gasteiger partial charge in [-0.2, -0.15) is 13.2 Å². The summed E-state index contributed by atoms with van der Waals surface area (Å²) in [6, 6.07) is 7.21. The van der Waals surface area contributed by atoms with E-state index in [1.165, 1.54) is 29.3 Å². The number of furan rings is 1. The number of carbonyl (C=O) groups is 2. The van der Waals surface area contributed by atoms with Crippen molar-refractivity contribution in [2.24, 2.45) is 5.92 Å². The van der Waals surface area contributed by atoms with E-state index in [0.717, 1.165) is 6.07 Å². The third-order valence-corrected chi connectivity index (χ3v) is 7.01. The Bertz CT molecular complexity index is 1420. The largest absolute Gasteiger partial charge is 0.459 e. The van der Waals surface area contributed by atoms with E-state index in [-0.39, 0.29) is 42.3 Å². The van der Waals surface area contributed by atoms with E-state index >= 15 is 0 Å². The van der Waals surface area contributed by atoms with E-state index in [0.29, 0.717) is 23.4 Å². The Balaban J connectivity index is 1.29. The van der Waals surface area contributed by atoms with Gasteiger partial charge in [-0.1, -0.05) is 0 Å². The fraction of sp³-hybridized carbons (Fsp3) is 0.370. The average Bonchev–Trinajstić information content (AvgIpc) is 3.57. The summed E-state index contributed by atoms with van der Waals surface area (Å²) in [5.74, 6) is -4.10. The fourth-order valence-electron chi connectivity index (χ4n) is 4.79. The lowest BCUT2D eigenvalue weighted by Gasteiger charge is -2.32. The van der Waals surface area contributed by atoms with Crippen molar-refractivity contribution >= 4 is 34.7 Å². The van der Waals surface area contributed by atoms with Gasteiger partial charge < -0.3 is 20.4 Å². The summed E-state index contributed by atoms with van der Waals surface area (Å²) in [6.07, 6.45) is -0.940. The molecule has 2 fully saturated rings. The number of anilines is 1. The Labute approximate surface area is 219 Å². The molecule has 2 amide bonds. The van der Waals surface area contributed by atoms with Crippen LogP contribution in [0.5, 0.6) is 0 Å². The van der Waals surface area contributed by atoms with Crippen molar-refractivity contribution in [1.82, 2.24) is 15.2 Å². The third-order valence-electron chi connectivity index (χ3n) is 7.01. The van der Waals surface area contributed by atoms with E-state index in [2.05, 4.69) is 10.3 Å². The standard InChI is InChI=1S/C27H25F5N4O3/c28-26(29)5-7-36(8-6-26)25(38)20-12-19(20)16-9-17-10-18(39-24(17)21(11-16)27(30,31)32)14-35-23(37)4-2-15-1-3-22(33)34-13-15/h1-4,9-11,13,19-20H,5-8,12,14H2,(H2,33,34)(H,35,37)/b4-2+. The van der Waals surface area contributed by atoms with Crippen LogP contribution >= 0.6 is 0 Å². The summed E-state index contributed by atoms with van der Waals surface area (Å²) in [5.41, 5.74) is 5.16. The number of rotatable bonds is 6. The Hall–Kier alpha value is -3.96. The van der Waals surface area contributed by atoms with Crippen molar-refractivity contribution in [2.45, 2.75) is 43.8 Å². The number of aromatic nitrogens is 1. The van der Waals surface area contributed by atoms with E-state index < -0.39 is 48.2 Å². The number of amides is 2. The maximum absolute atomic E-state index is 13.9. The molecule has 0 spiro atoms. The van der Waals surface area contributed by atoms with E-state index in [1.54, 1.807) is 18.2 Å². The van der Waals surface area contributed by atoms with Crippen LogP contribution in [0.4, 0.5) is 27.8 Å². The molecule has 7 nitrogen and oxygen atoms in total. The first-order valence-corrected chi connectivity index (χ1v) is 12.4. The zero-order chi connectivity index (χ0) is 27.9. The first-order valence-electron chi connectivity index (χ1n) is 12.4. The van der Waals surface area contributed by atoms with Gasteiger partial charge in [0.15, 0.2) is 0 Å². The minimum atomic E-state index is -4.71. The molecule has 2 unspecified atom stereocenters. The summed E-state index contributed by atoms with van der Waals surface area (Å²) in [5, 5.41) is 2.76. The second-order valence-electron chi connectivity index (χ2n) is 9.89. The van der Waals surface area contributed by atoms with E-state index in [1.807, 2.05) is 0 Å². The quantitative estimate of drug-likeness (QED) is 0.329. The number of nitrogens with zero attached hydrogens (tertiary/aromatic N) is 2. The smallest absolute Gasteiger partial charge is 0.420 e. The molecule has 1 saturated carbocycles. The molecule has 2 atom stereocenters. The molecule has 1 aromatic carbocycles. The van der Waals surface area contributed by atoms with Gasteiger partial charge in [-0.15, -0.1) is 0 Å². The summed E-state index contributed by atoms with van der Waals surface area (Å²) < 4.78 is 74.1. The number of hydrogen-bond donors (Lipinski definition) is 2. The topological polar surface area (TPSA) is 101 Å². The molecule has 0 radical (unpaired) electrons. The molecule has 39 heavy (non-hydrogen) atoms. The lowest BCUT2D eigenvalue weighted by molar-refractivity contribution is -0.138. The van der Waals surface area contributed by atoms with Crippen LogP contribution in [0.3, 0.4) is 0 Å². The zero-order valence-corrected chi connectivity index (χ0v) is 20.6. The zero-order valence-electron chi connectivity index (χ0n) is 20.6. The Kier molecular flexibility index (Phi) is 6.81. The van der Waals surface area contributed by atoms with E-state index in [4.69, 9.17) is 10.2 Å². The van der Waals surface area contributed by atoms with Crippen LogP contribution in [0.15, 0.2) is 47.0 Å². The monoisotopic (exact) mass is 548 g/mol. The van der Waals surface area contributed by atoms with Gasteiger partial charge in [-0.3, -0.25) is 9.59 Å². The van der Waals surface area contributed by atoms with Gasteiger partial charge >= 0.3 is 6.18 Å². The number of piperidine rings is 1. The second kappa shape index (κ2) is 9.97. The second-order valence-corrected chi connectivity index (χ2v) is 9.89. The molecule has 3 aromatic rings. The molecule has 1 saturated heterocycles. The highest BCUT2D eigenvalue weighted by Gasteiger charge is 2.48. The average molecular weight is 549 g/mol. The van der Waals surface area contributed by atoms with Crippen LogP contribution in [-0.4, -0.2) is 40.7 Å². The molecule has 3 heterocycles. The Morgan fingerprint density at radius 3 is 2.59 bits per heavy atom. The van der Waals surface area contributed by atoms with Crippen molar-refractivity contribution < 1.29 is 36.0 Å². The molecule has 5 rings (SSSR count). The predicted octanol–water partition coefficient (Wildman–Crippen LogP) is 5.12. The maximum Gasteiger partial charge on any atom is 0.420 e. The predicted molar refractivity (Wildman–Crippen MR) is 132 cm³/mol. The van der Waals surface area contributed by atoms with E-state index in [9.17, 15) is 31.5 Å². The van der Waals surface area contributed by atoms with Crippen LogP contribution in [0, 0.1) is 5.92 Å². The van der Waals surface area contributed by atoms with Gasteiger partial charge in [0.1, 0.15) is 17.2 Å². The summed E-state index contributed by atoms with van der Waals surface area (Å²) in [4.78, 5) is 30.3. The number of nitrogen functional groups attached to an aromatic ring is 1. The van der Waals surface area contributed by atoms with Crippen LogP contribution in [0.25, 0.3) is 17.0 Å². The summed E-state index contributed by atoms with van der Waals surface area (Å²) in [7, 11) is 0. The minimum absolute atomic E-state index is 0.0647. The van der Waals surface area contributed by atoms with Crippen LogP contribution in [0.1, 0.15) is 47.6 Å². The van der Waals surface area contributed by atoms with Crippen molar-refractivity contribution in [3.05, 3.63) is 65.1 Å². The lowest BCUT2D eigenvalue weighted by atomic mass is 10.0. The van der Waals surface area contributed by atoms with Crippen molar-refractivity contribution in [3.8, 4) is 0 Å². The molecule has 3 N–H and O–H groups in total. The molecular weight excluding hydrogens is 523 g/mol. The number of pyridine rings is 1. The van der Waals surface area contributed by atoms with Crippen LogP contribution in [-0.2, 0) is 22.3 Å². The SMILES string of the molecule is Nc1ccc(/C=C/C(=O)NCc2cc3cc(C4CC4C(=O)N4CCC(F)(F)CC4)cc(C(F)(F)F)c3o2)cn1. The highest BCUT2D eigenvalue weighted by molar-refractivity contribution is 5.91. The molecular formula is C27H25F5N4O3. The Morgan fingerprint density at radius 1 is 1.18 bits per heavy atom.